The molecule has 17 heavy (non-hydrogen) atoms. The first-order valence-corrected chi connectivity index (χ1v) is 5.37. The Morgan fingerprint density at radius 3 is 0.353 bits per heavy atom. The van der Waals surface area contributed by atoms with Gasteiger partial charge in [0.1, 0.15) is 0 Å². The molecule has 11 heteroatoms. The Balaban J connectivity index is -0.00000000762. The second-order valence-corrected chi connectivity index (χ2v) is 3.60. The maximum absolute atomic E-state index is 7.33. The van der Waals surface area contributed by atoms with Gasteiger partial charge in [0, 0.05) is 0 Å². The third-order valence-corrected chi connectivity index (χ3v) is 0. The van der Waals surface area contributed by atoms with Gasteiger partial charge in [0.05, 0.1) is 0 Å². The molecule has 0 saturated carbocycles. The van der Waals surface area contributed by atoms with Crippen molar-refractivity contribution >= 4 is 37.0 Å². The minimum absolute atomic E-state index is 0. The van der Waals surface area contributed by atoms with Gasteiger partial charge in [-0.25, -0.2) is 0 Å². The van der Waals surface area contributed by atoms with Crippen LogP contribution in [-0.4, -0.2) is 75.3 Å². The van der Waals surface area contributed by atoms with Crippen LogP contribution in [0.1, 0.15) is 44.6 Å². The van der Waals surface area contributed by atoms with Crippen molar-refractivity contribution < 1.29 is 38.4 Å². The molecule has 114 valence electrons. The standard InChI is InChI=1S/6CH4.Li.2H4O4Si.H/c;;;;;;;2*1-5(2,3)4;/h6*1H4;;2*1-4H;. The van der Waals surface area contributed by atoms with Gasteiger partial charge in [-0.05, 0) is 0 Å². The zero-order valence-electron chi connectivity index (χ0n) is 4.58. The summed E-state index contributed by atoms with van der Waals surface area (Å²) in [7, 11) is -9.22. The van der Waals surface area contributed by atoms with Crippen molar-refractivity contribution in [3.63, 3.8) is 0 Å². The van der Waals surface area contributed by atoms with Crippen molar-refractivity contribution in [2.24, 2.45) is 0 Å². The van der Waals surface area contributed by atoms with Crippen LogP contribution in [0.4, 0.5) is 0 Å². The van der Waals surface area contributed by atoms with Crippen LogP contribution in [0.3, 0.4) is 0 Å². The molecule has 0 aromatic rings. The first kappa shape index (κ1) is 65.2. The van der Waals surface area contributed by atoms with E-state index in [1.807, 2.05) is 0 Å². The van der Waals surface area contributed by atoms with Gasteiger partial charge in [0.25, 0.3) is 0 Å². The van der Waals surface area contributed by atoms with Crippen LogP contribution in [0, 0.1) is 0 Å². The molecule has 0 aliphatic rings. The molecule has 0 rings (SSSR count). The second kappa shape index (κ2) is 25.5. The fraction of sp³-hybridized carbons (Fsp3) is 1.00. The van der Waals surface area contributed by atoms with E-state index in [2.05, 4.69) is 0 Å². The number of hydrogen-bond acceptors (Lipinski definition) is 8. The summed E-state index contributed by atoms with van der Waals surface area (Å²) in [6.07, 6.45) is 0. The summed E-state index contributed by atoms with van der Waals surface area (Å²) in [6.45, 7) is 0. The SMILES string of the molecule is C.C.C.C.C.C.O[Si](O)(O)O.O[Si](O)(O)O.[LiH]. The molecular formula is C6H33LiO8Si2. The molecule has 0 spiro atoms. The van der Waals surface area contributed by atoms with Gasteiger partial charge < -0.3 is 38.4 Å². The zero-order chi connectivity index (χ0) is 9.00. The summed E-state index contributed by atoms with van der Waals surface area (Å²) in [4.78, 5) is 58.6. The van der Waals surface area contributed by atoms with Crippen molar-refractivity contribution in [3.05, 3.63) is 0 Å². The first-order chi connectivity index (χ1) is 4.00. The fourth-order valence-electron chi connectivity index (χ4n) is 0. The van der Waals surface area contributed by atoms with E-state index in [1.54, 1.807) is 0 Å². The monoisotopic (exact) mass is 296 g/mol. The van der Waals surface area contributed by atoms with Gasteiger partial charge in [-0.3, -0.25) is 0 Å². The molecule has 0 aromatic carbocycles. The van der Waals surface area contributed by atoms with Crippen molar-refractivity contribution in [2.75, 3.05) is 0 Å². The van der Waals surface area contributed by atoms with Crippen molar-refractivity contribution in [1.82, 2.24) is 0 Å². The van der Waals surface area contributed by atoms with Crippen LogP contribution in [0.25, 0.3) is 0 Å². The van der Waals surface area contributed by atoms with Crippen LogP contribution in [0.15, 0.2) is 0 Å². The Hall–Kier alpha value is 0.711. The van der Waals surface area contributed by atoms with E-state index < -0.39 is 18.1 Å². The Labute approximate surface area is 120 Å². The first-order valence-electron chi connectivity index (χ1n) is 1.79. The summed E-state index contributed by atoms with van der Waals surface area (Å²) in [6, 6.07) is 0. The minimum atomic E-state index is -4.61. The van der Waals surface area contributed by atoms with Crippen LogP contribution >= 0.6 is 0 Å². The van der Waals surface area contributed by atoms with Gasteiger partial charge in [0.15, 0.2) is 0 Å². The van der Waals surface area contributed by atoms with Gasteiger partial charge >= 0.3 is 37.0 Å². The molecule has 0 saturated heterocycles. The van der Waals surface area contributed by atoms with Crippen LogP contribution in [0.5, 0.6) is 0 Å². The molecule has 0 aliphatic carbocycles. The molecule has 0 bridgehead atoms. The van der Waals surface area contributed by atoms with Gasteiger partial charge in [0.2, 0.25) is 0 Å². The average Bonchev–Trinajstić information content (AvgIpc) is 1.12. The third kappa shape index (κ3) is 7150. The quantitative estimate of drug-likeness (QED) is 0.237. The van der Waals surface area contributed by atoms with E-state index in [0.717, 1.165) is 0 Å². The predicted octanol–water partition coefficient (Wildman–Crippen LogP) is -2.05. The third-order valence-electron chi connectivity index (χ3n) is 0. The Kier molecular flexibility index (Phi) is 97.9. The number of rotatable bonds is 0. The normalized spacial score (nSPS) is 7.06. The van der Waals surface area contributed by atoms with E-state index in [-0.39, 0.29) is 63.4 Å². The van der Waals surface area contributed by atoms with Crippen LogP contribution < -0.4 is 0 Å². The van der Waals surface area contributed by atoms with Crippen LogP contribution in [-0.2, 0) is 0 Å². The van der Waals surface area contributed by atoms with Crippen molar-refractivity contribution in [3.8, 4) is 0 Å². The average molecular weight is 296 g/mol. The van der Waals surface area contributed by atoms with Gasteiger partial charge in [-0.1, -0.05) is 44.6 Å². The summed E-state index contributed by atoms with van der Waals surface area (Å²) < 4.78 is 0. The van der Waals surface area contributed by atoms with Gasteiger partial charge in [-0.15, -0.1) is 0 Å². The van der Waals surface area contributed by atoms with E-state index in [9.17, 15) is 0 Å². The maximum atomic E-state index is 7.33. The molecule has 0 unspecified atom stereocenters. The molecule has 0 aliphatic heterocycles. The predicted molar refractivity (Wildman–Crippen MR) is 76.8 cm³/mol. The fourth-order valence-corrected chi connectivity index (χ4v) is 0. The van der Waals surface area contributed by atoms with Crippen molar-refractivity contribution in [2.45, 2.75) is 44.6 Å². The topological polar surface area (TPSA) is 162 Å². The molecule has 0 atom stereocenters. The van der Waals surface area contributed by atoms with E-state index in [0.29, 0.717) is 0 Å². The molecule has 0 aromatic heterocycles. The van der Waals surface area contributed by atoms with E-state index in [4.69, 9.17) is 38.4 Å². The molecule has 8 N–H and O–H groups in total. The second-order valence-electron chi connectivity index (χ2n) is 1.20. The molecule has 0 fully saturated rings. The van der Waals surface area contributed by atoms with E-state index >= 15 is 0 Å². The Bertz CT molecular complexity index is 71.0. The molecule has 0 heterocycles. The number of hydrogen-bond donors (Lipinski definition) is 8. The molecule has 0 radical (unpaired) electrons. The molecular weight excluding hydrogens is 263 g/mol. The van der Waals surface area contributed by atoms with Gasteiger partial charge in [-0.2, -0.15) is 0 Å². The summed E-state index contributed by atoms with van der Waals surface area (Å²) >= 11 is 0. The Morgan fingerprint density at radius 1 is 0.353 bits per heavy atom. The van der Waals surface area contributed by atoms with E-state index in [1.165, 1.54) is 0 Å². The summed E-state index contributed by atoms with van der Waals surface area (Å²) in [5, 5.41) is 0. The van der Waals surface area contributed by atoms with Crippen LogP contribution in [0.2, 0.25) is 0 Å². The molecule has 0 amide bonds. The summed E-state index contributed by atoms with van der Waals surface area (Å²) in [5.41, 5.74) is 0. The summed E-state index contributed by atoms with van der Waals surface area (Å²) in [5.74, 6) is 0. The molecule has 8 nitrogen and oxygen atoms in total. The van der Waals surface area contributed by atoms with Crippen molar-refractivity contribution in [1.29, 1.82) is 0 Å². The Morgan fingerprint density at radius 2 is 0.353 bits per heavy atom. The zero-order valence-corrected chi connectivity index (χ0v) is 6.58.